The molecule has 21 heavy (non-hydrogen) atoms. The van der Waals surface area contributed by atoms with Crippen molar-refractivity contribution in [3.8, 4) is 5.75 Å². The molecule has 0 aromatic heterocycles. The summed E-state index contributed by atoms with van der Waals surface area (Å²) in [5.74, 6) is 0.687. The fourth-order valence-corrected chi connectivity index (χ4v) is 2.89. The third kappa shape index (κ3) is 4.46. The Morgan fingerprint density at radius 3 is 3.10 bits per heavy atom. The number of rotatable bonds is 6. The zero-order chi connectivity index (χ0) is 15.2. The number of fused-ring (bicyclic) bond motifs is 1. The SMILES string of the molecule is CCCC(C)NC(=O)COc1ccc2c(c1)CCCC2N. The van der Waals surface area contributed by atoms with Crippen molar-refractivity contribution in [2.45, 2.75) is 58.0 Å². The molecule has 0 radical (unpaired) electrons. The van der Waals surface area contributed by atoms with Gasteiger partial charge in [0.15, 0.2) is 6.61 Å². The lowest BCUT2D eigenvalue weighted by molar-refractivity contribution is -0.123. The number of amides is 1. The second-order valence-corrected chi connectivity index (χ2v) is 5.91. The minimum atomic E-state index is -0.0645. The number of carbonyl (C=O) groups excluding carboxylic acids is 1. The van der Waals surface area contributed by atoms with Crippen molar-refractivity contribution < 1.29 is 9.53 Å². The van der Waals surface area contributed by atoms with Gasteiger partial charge in [0, 0.05) is 12.1 Å². The van der Waals surface area contributed by atoms with Gasteiger partial charge in [-0.2, -0.15) is 0 Å². The minimum absolute atomic E-state index is 0.0645. The Morgan fingerprint density at radius 1 is 1.52 bits per heavy atom. The highest BCUT2D eigenvalue weighted by atomic mass is 16.5. The van der Waals surface area contributed by atoms with Gasteiger partial charge in [-0.1, -0.05) is 19.4 Å². The Hall–Kier alpha value is -1.55. The summed E-state index contributed by atoms with van der Waals surface area (Å²) in [6, 6.07) is 6.31. The lowest BCUT2D eigenvalue weighted by Crippen LogP contribution is -2.35. The van der Waals surface area contributed by atoms with Crippen LogP contribution >= 0.6 is 0 Å². The summed E-state index contributed by atoms with van der Waals surface area (Å²) in [6.45, 7) is 4.19. The molecule has 2 unspecified atom stereocenters. The molecule has 0 saturated heterocycles. The maximum Gasteiger partial charge on any atom is 0.258 e. The van der Waals surface area contributed by atoms with Crippen molar-refractivity contribution in [1.29, 1.82) is 0 Å². The molecule has 1 aliphatic carbocycles. The number of nitrogens with one attached hydrogen (secondary N) is 1. The van der Waals surface area contributed by atoms with Crippen LogP contribution in [0.5, 0.6) is 5.75 Å². The van der Waals surface area contributed by atoms with E-state index in [0.717, 1.165) is 37.9 Å². The molecule has 1 amide bonds. The third-order valence-electron chi connectivity index (χ3n) is 3.97. The molecular weight excluding hydrogens is 264 g/mol. The largest absolute Gasteiger partial charge is 0.484 e. The van der Waals surface area contributed by atoms with Gasteiger partial charge >= 0.3 is 0 Å². The number of carbonyl (C=O) groups is 1. The zero-order valence-electron chi connectivity index (χ0n) is 13.0. The standard InChI is InChI=1S/C17H26N2O2/c1-3-5-12(2)19-17(20)11-21-14-8-9-15-13(10-14)6-4-7-16(15)18/h8-10,12,16H,3-7,11,18H2,1-2H3,(H,19,20). The van der Waals surface area contributed by atoms with E-state index in [2.05, 4.69) is 12.2 Å². The first kappa shape index (κ1) is 15.8. The number of nitrogens with two attached hydrogens (primary N) is 1. The molecule has 2 atom stereocenters. The molecule has 0 heterocycles. The van der Waals surface area contributed by atoms with Crippen LogP contribution in [0.15, 0.2) is 18.2 Å². The quantitative estimate of drug-likeness (QED) is 0.846. The first-order valence-corrected chi connectivity index (χ1v) is 7.90. The molecule has 0 spiro atoms. The molecule has 4 heteroatoms. The van der Waals surface area contributed by atoms with Gasteiger partial charge in [-0.25, -0.2) is 0 Å². The molecule has 4 nitrogen and oxygen atoms in total. The Morgan fingerprint density at radius 2 is 2.33 bits per heavy atom. The Bertz CT molecular complexity index is 488. The normalized spacial score (nSPS) is 18.7. The molecule has 0 aliphatic heterocycles. The number of hydrogen-bond donors (Lipinski definition) is 2. The van der Waals surface area contributed by atoms with E-state index in [0.29, 0.717) is 0 Å². The highest BCUT2D eigenvalue weighted by Gasteiger charge is 2.17. The highest BCUT2D eigenvalue weighted by Crippen LogP contribution is 2.30. The van der Waals surface area contributed by atoms with Crippen LogP contribution in [0.3, 0.4) is 0 Å². The van der Waals surface area contributed by atoms with Crippen LogP contribution in [0.2, 0.25) is 0 Å². The van der Waals surface area contributed by atoms with Crippen molar-refractivity contribution in [2.24, 2.45) is 5.73 Å². The molecule has 0 fully saturated rings. The fraction of sp³-hybridized carbons (Fsp3) is 0.588. The van der Waals surface area contributed by atoms with Crippen molar-refractivity contribution in [2.75, 3.05) is 6.61 Å². The lowest BCUT2D eigenvalue weighted by Gasteiger charge is -2.22. The van der Waals surface area contributed by atoms with Crippen molar-refractivity contribution in [3.63, 3.8) is 0 Å². The molecule has 2 rings (SSSR count). The van der Waals surface area contributed by atoms with Gasteiger partial charge in [-0.15, -0.1) is 0 Å². The van der Waals surface area contributed by atoms with E-state index in [1.165, 1.54) is 11.1 Å². The zero-order valence-corrected chi connectivity index (χ0v) is 13.0. The predicted molar refractivity (Wildman–Crippen MR) is 84.3 cm³/mol. The average Bonchev–Trinajstić information content (AvgIpc) is 2.45. The van der Waals surface area contributed by atoms with E-state index in [4.69, 9.17) is 10.5 Å². The van der Waals surface area contributed by atoms with E-state index in [1.54, 1.807) is 0 Å². The number of aryl methyl sites for hydroxylation is 1. The molecule has 1 aromatic rings. The molecule has 0 bridgehead atoms. The van der Waals surface area contributed by atoms with E-state index in [-0.39, 0.29) is 24.6 Å². The minimum Gasteiger partial charge on any atom is -0.484 e. The van der Waals surface area contributed by atoms with Crippen molar-refractivity contribution in [3.05, 3.63) is 29.3 Å². The van der Waals surface area contributed by atoms with Gasteiger partial charge in [-0.3, -0.25) is 4.79 Å². The number of benzene rings is 1. The first-order valence-electron chi connectivity index (χ1n) is 7.90. The molecule has 116 valence electrons. The monoisotopic (exact) mass is 290 g/mol. The highest BCUT2D eigenvalue weighted by molar-refractivity contribution is 5.77. The molecule has 1 aliphatic rings. The van der Waals surface area contributed by atoms with Crippen LogP contribution in [0, 0.1) is 0 Å². The van der Waals surface area contributed by atoms with Crippen LogP contribution in [-0.4, -0.2) is 18.6 Å². The van der Waals surface area contributed by atoms with Gasteiger partial charge in [-0.05, 0) is 55.9 Å². The van der Waals surface area contributed by atoms with Crippen LogP contribution in [0.1, 0.15) is 56.7 Å². The number of ether oxygens (including phenoxy) is 1. The van der Waals surface area contributed by atoms with Gasteiger partial charge in [0.1, 0.15) is 5.75 Å². The van der Waals surface area contributed by atoms with Gasteiger partial charge < -0.3 is 15.8 Å². The second kappa shape index (κ2) is 7.46. The topological polar surface area (TPSA) is 64.3 Å². The van der Waals surface area contributed by atoms with Gasteiger partial charge in [0.25, 0.3) is 5.91 Å². The van der Waals surface area contributed by atoms with Crippen molar-refractivity contribution >= 4 is 5.91 Å². The smallest absolute Gasteiger partial charge is 0.258 e. The Kier molecular flexibility index (Phi) is 5.62. The van der Waals surface area contributed by atoms with Crippen molar-refractivity contribution in [1.82, 2.24) is 5.32 Å². The maximum atomic E-state index is 11.8. The maximum absolute atomic E-state index is 11.8. The summed E-state index contributed by atoms with van der Waals surface area (Å²) in [7, 11) is 0. The first-order chi connectivity index (χ1) is 10.1. The van der Waals surface area contributed by atoms with Crippen LogP contribution in [0.4, 0.5) is 0 Å². The van der Waals surface area contributed by atoms with Gasteiger partial charge in [0.05, 0.1) is 0 Å². The summed E-state index contributed by atoms with van der Waals surface area (Å²) in [5.41, 5.74) is 8.57. The van der Waals surface area contributed by atoms with E-state index >= 15 is 0 Å². The predicted octanol–water partition coefficient (Wildman–Crippen LogP) is 2.71. The Labute approximate surface area is 127 Å². The molecule has 3 N–H and O–H groups in total. The fourth-order valence-electron chi connectivity index (χ4n) is 2.89. The van der Waals surface area contributed by atoms with E-state index < -0.39 is 0 Å². The third-order valence-corrected chi connectivity index (χ3v) is 3.97. The summed E-state index contributed by atoms with van der Waals surface area (Å²) >= 11 is 0. The second-order valence-electron chi connectivity index (χ2n) is 5.91. The lowest BCUT2D eigenvalue weighted by atomic mass is 9.88. The summed E-state index contributed by atoms with van der Waals surface area (Å²) < 4.78 is 5.60. The molecule has 0 saturated carbocycles. The Balaban J connectivity index is 1.88. The van der Waals surface area contributed by atoms with E-state index in [9.17, 15) is 4.79 Å². The van der Waals surface area contributed by atoms with E-state index in [1.807, 2.05) is 25.1 Å². The van der Waals surface area contributed by atoms with Crippen LogP contribution < -0.4 is 15.8 Å². The van der Waals surface area contributed by atoms with Crippen LogP contribution in [-0.2, 0) is 11.2 Å². The average molecular weight is 290 g/mol. The summed E-state index contributed by atoms with van der Waals surface area (Å²) in [6.07, 6.45) is 5.26. The molecular formula is C17H26N2O2. The van der Waals surface area contributed by atoms with Gasteiger partial charge in [0.2, 0.25) is 0 Å². The number of hydrogen-bond acceptors (Lipinski definition) is 3. The summed E-state index contributed by atoms with van der Waals surface area (Å²) in [4.78, 5) is 11.8. The molecule has 1 aromatic carbocycles. The van der Waals surface area contributed by atoms with Crippen LogP contribution in [0.25, 0.3) is 0 Å². The summed E-state index contributed by atoms with van der Waals surface area (Å²) in [5, 5.41) is 2.94.